The van der Waals surface area contributed by atoms with Crippen molar-refractivity contribution in [1.82, 2.24) is 5.32 Å². The average Bonchev–Trinajstić information content (AvgIpc) is 2.40. The standard InChI is InChI=1S/C14H18Cl5NO/c1-14(2,3)20-6-4-5-7-21-13-11(18)9(16)8(15)10(17)12(13)19/h20H,4-7H2,1-3H3. The molecule has 0 amide bonds. The van der Waals surface area contributed by atoms with Crippen molar-refractivity contribution in [2.75, 3.05) is 13.2 Å². The molecule has 0 atom stereocenters. The number of ether oxygens (including phenoxy) is 1. The van der Waals surface area contributed by atoms with Crippen LogP contribution in [-0.2, 0) is 0 Å². The largest absolute Gasteiger partial charge is 0.490 e. The minimum absolute atomic E-state index is 0.116. The van der Waals surface area contributed by atoms with E-state index in [1.807, 2.05) is 0 Å². The quantitative estimate of drug-likeness (QED) is 0.338. The monoisotopic (exact) mass is 391 g/mol. The van der Waals surface area contributed by atoms with Gasteiger partial charge >= 0.3 is 0 Å². The summed E-state index contributed by atoms with van der Waals surface area (Å²) in [4.78, 5) is 0. The molecule has 0 aliphatic heterocycles. The van der Waals surface area contributed by atoms with Gasteiger partial charge in [0.25, 0.3) is 0 Å². The zero-order chi connectivity index (χ0) is 16.2. The number of benzene rings is 1. The molecule has 0 aliphatic carbocycles. The number of halogens is 5. The predicted molar refractivity (Wildman–Crippen MR) is 94.0 cm³/mol. The smallest absolute Gasteiger partial charge is 0.159 e. The van der Waals surface area contributed by atoms with Crippen LogP contribution in [0.4, 0.5) is 0 Å². The van der Waals surface area contributed by atoms with Gasteiger partial charge < -0.3 is 10.1 Å². The van der Waals surface area contributed by atoms with E-state index in [-0.39, 0.29) is 36.4 Å². The second-order valence-corrected chi connectivity index (χ2v) is 7.52. The van der Waals surface area contributed by atoms with Crippen LogP contribution >= 0.6 is 58.0 Å². The minimum atomic E-state index is 0.116. The summed E-state index contributed by atoms with van der Waals surface area (Å²) in [5.74, 6) is 0.279. The van der Waals surface area contributed by atoms with Gasteiger partial charge in [-0.25, -0.2) is 0 Å². The Bertz CT molecular complexity index is 470. The summed E-state index contributed by atoms with van der Waals surface area (Å²) in [5, 5.41) is 4.20. The van der Waals surface area contributed by atoms with E-state index in [0.717, 1.165) is 19.4 Å². The first-order valence-corrected chi connectivity index (χ1v) is 8.43. The highest BCUT2D eigenvalue weighted by molar-refractivity contribution is 6.55. The Morgan fingerprint density at radius 3 is 1.76 bits per heavy atom. The molecule has 7 heteroatoms. The molecular weight excluding hydrogens is 375 g/mol. The predicted octanol–water partition coefficient (Wildman–Crippen LogP) is 6.50. The van der Waals surface area contributed by atoms with E-state index in [2.05, 4.69) is 26.1 Å². The minimum Gasteiger partial charge on any atom is -0.490 e. The Kier molecular flexibility index (Phi) is 7.73. The summed E-state index contributed by atoms with van der Waals surface area (Å²) in [5.41, 5.74) is 0.116. The zero-order valence-electron chi connectivity index (χ0n) is 12.1. The molecule has 1 aromatic carbocycles. The summed E-state index contributed by atoms with van der Waals surface area (Å²) < 4.78 is 5.60. The molecule has 1 rings (SSSR count). The fourth-order valence-electron chi connectivity index (χ4n) is 1.58. The van der Waals surface area contributed by atoms with Crippen molar-refractivity contribution in [3.63, 3.8) is 0 Å². The number of nitrogens with one attached hydrogen (secondary N) is 1. The first-order valence-electron chi connectivity index (χ1n) is 6.54. The second kappa shape index (κ2) is 8.33. The van der Waals surface area contributed by atoms with Crippen molar-refractivity contribution in [3.05, 3.63) is 25.1 Å². The third-order valence-electron chi connectivity index (χ3n) is 2.64. The molecule has 0 radical (unpaired) electrons. The Morgan fingerprint density at radius 1 is 0.810 bits per heavy atom. The molecule has 0 heterocycles. The Labute approximate surface area is 151 Å². The van der Waals surface area contributed by atoms with Gasteiger partial charge in [0.15, 0.2) is 5.75 Å². The fraction of sp³-hybridized carbons (Fsp3) is 0.571. The normalized spacial score (nSPS) is 11.8. The highest BCUT2D eigenvalue weighted by Gasteiger charge is 2.20. The molecule has 0 saturated heterocycles. The molecular formula is C14H18Cl5NO. The van der Waals surface area contributed by atoms with Gasteiger partial charge in [0.1, 0.15) is 10.0 Å². The summed E-state index contributed by atoms with van der Waals surface area (Å²) in [6.07, 6.45) is 1.83. The SMILES string of the molecule is CC(C)(C)NCCCCOc1c(Cl)c(Cl)c(Cl)c(Cl)c1Cl. The van der Waals surface area contributed by atoms with E-state index in [1.165, 1.54) is 0 Å². The Morgan fingerprint density at radius 2 is 1.29 bits per heavy atom. The molecule has 21 heavy (non-hydrogen) atoms. The van der Waals surface area contributed by atoms with E-state index in [0.29, 0.717) is 6.61 Å². The maximum Gasteiger partial charge on any atom is 0.159 e. The zero-order valence-corrected chi connectivity index (χ0v) is 15.9. The first kappa shape index (κ1) is 19.5. The Balaban J connectivity index is 2.54. The van der Waals surface area contributed by atoms with Crippen LogP contribution in [-0.4, -0.2) is 18.7 Å². The Hall–Kier alpha value is 0.430. The van der Waals surface area contributed by atoms with Crippen LogP contribution in [0, 0.1) is 0 Å². The topological polar surface area (TPSA) is 21.3 Å². The van der Waals surface area contributed by atoms with E-state index in [9.17, 15) is 0 Å². The van der Waals surface area contributed by atoms with Crippen molar-refractivity contribution in [1.29, 1.82) is 0 Å². The fourth-order valence-corrected chi connectivity index (χ4v) is 2.81. The second-order valence-electron chi connectivity index (χ2n) is 5.63. The highest BCUT2D eigenvalue weighted by atomic mass is 35.5. The molecule has 0 saturated carbocycles. The van der Waals surface area contributed by atoms with Crippen molar-refractivity contribution in [3.8, 4) is 5.75 Å². The van der Waals surface area contributed by atoms with Gasteiger partial charge in [-0.3, -0.25) is 0 Å². The number of unbranched alkanes of at least 4 members (excludes halogenated alkanes) is 1. The van der Waals surface area contributed by atoms with Crippen LogP contribution < -0.4 is 10.1 Å². The number of hydrogen-bond donors (Lipinski definition) is 1. The van der Waals surface area contributed by atoms with Gasteiger partial charge in [0.2, 0.25) is 0 Å². The van der Waals surface area contributed by atoms with Crippen LogP contribution in [0.25, 0.3) is 0 Å². The van der Waals surface area contributed by atoms with Crippen LogP contribution in [0.3, 0.4) is 0 Å². The third kappa shape index (κ3) is 5.85. The van der Waals surface area contributed by atoms with Gasteiger partial charge in [0.05, 0.1) is 21.7 Å². The van der Waals surface area contributed by atoms with Crippen LogP contribution in [0.1, 0.15) is 33.6 Å². The number of hydrogen-bond acceptors (Lipinski definition) is 2. The van der Waals surface area contributed by atoms with Crippen molar-refractivity contribution in [2.24, 2.45) is 0 Å². The molecule has 0 unspecified atom stereocenters. The molecule has 0 aliphatic rings. The van der Waals surface area contributed by atoms with Gasteiger partial charge in [-0.15, -0.1) is 0 Å². The van der Waals surface area contributed by atoms with Gasteiger partial charge in [-0.05, 0) is 40.2 Å². The molecule has 120 valence electrons. The summed E-state index contributed by atoms with van der Waals surface area (Å²) in [7, 11) is 0. The molecule has 1 N–H and O–H groups in total. The van der Waals surface area contributed by atoms with Crippen LogP contribution in [0.15, 0.2) is 0 Å². The maximum atomic E-state index is 6.08. The van der Waals surface area contributed by atoms with Crippen molar-refractivity contribution in [2.45, 2.75) is 39.2 Å². The lowest BCUT2D eigenvalue weighted by atomic mass is 10.1. The van der Waals surface area contributed by atoms with Gasteiger partial charge in [-0.1, -0.05) is 58.0 Å². The third-order valence-corrected chi connectivity index (χ3v) is 4.88. The van der Waals surface area contributed by atoms with E-state index >= 15 is 0 Å². The lowest BCUT2D eigenvalue weighted by Gasteiger charge is -2.20. The van der Waals surface area contributed by atoms with E-state index < -0.39 is 0 Å². The van der Waals surface area contributed by atoms with Crippen LogP contribution in [0.5, 0.6) is 5.75 Å². The van der Waals surface area contributed by atoms with E-state index in [1.54, 1.807) is 0 Å². The van der Waals surface area contributed by atoms with Crippen molar-refractivity contribution >= 4 is 58.0 Å². The van der Waals surface area contributed by atoms with Crippen LogP contribution in [0.2, 0.25) is 25.1 Å². The first-order chi connectivity index (χ1) is 9.65. The van der Waals surface area contributed by atoms with Gasteiger partial charge in [-0.2, -0.15) is 0 Å². The van der Waals surface area contributed by atoms with Gasteiger partial charge in [0, 0.05) is 5.54 Å². The summed E-state index contributed by atoms with van der Waals surface area (Å²) in [6.45, 7) is 7.76. The van der Waals surface area contributed by atoms with E-state index in [4.69, 9.17) is 62.7 Å². The molecule has 0 bridgehead atoms. The number of rotatable bonds is 6. The summed E-state index contributed by atoms with van der Waals surface area (Å²) in [6, 6.07) is 0. The molecule has 1 aromatic rings. The average molecular weight is 394 g/mol. The highest BCUT2D eigenvalue weighted by Crippen LogP contribution is 2.48. The maximum absolute atomic E-state index is 6.08. The summed E-state index contributed by atoms with van der Waals surface area (Å²) >= 11 is 30.0. The molecule has 2 nitrogen and oxygen atoms in total. The molecule has 0 aromatic heterocycles. The lowest BCUT2D eigenvalue weighted by Crippen LogP contribution is -2.36. The molecule has 0 spiro atoms. The lowest BCUT2D eigenvalue weighted by molar-refractivity contribution is 0.302. The van der Waals surface area contributed by atoms with Crippen molar-refractivity contribution < 1.29 is 4.74 Å². The molecule has 0 fully saturated rings.